The molecule has 3 aromatic rings. The molecule has 0 aliphatic carbocycles. The third-order valence-electron chi connectivity index (χ3n) is 4.47. The summed E-state index contributed by atoms with van der Waals surface area (Å²) in [4.78, 5) is 16.2. The molecule has 0 aliphatic heterocycles. The monoisotopic (exact) mass is 445 g/mol. The van der Waals surface area contributed by atoms with Gasteiger partial charge in [0.1, 0.15) is 0 Å². The highest BCUT2D eigenvalue weighted by molar-refractivity contribution is 6.30. The van der Waals surface area contributed by atoms with E-state index in [1.54, 1.807) is 18.3 Å². The predicted molar refractivity (Wildman–Crippen MR) is 123 cm³/mol. The maximum Gasteiger partial charge on any atom is 0.230 e. The lowest BCUT2D eigenvalue weighted by atomic mass is 10.1. The number of carbonyl (C=O) groups excluding carboxylic acids is 1. The zero-order chi connectivity index (χ0) is 20.5. The van der Waals surface area contributed by atoms with Crippen molar-refractivity contribution >= 4 is 35.6 Å². The Kier molecular flexibility index (Phi) is 9.77. The molecule has 0 aliphatic rings. The first kappa shape index (κ1) is 23.8. The third-order valence-corrected chi connectivity index (χ3v) is 4.70. The minimum atomic E-state index is -0.592. The van der Waals surface area contributed by atoms with E-state index in [9.17, 15) is 9.90 Å². The summed E-state index contributed by atoms with van der Waals surface area (Å²) in [6, 6.07) is 20.6. The quantitative estimate of drug-likeness (QED) is 0.431. The van der Waals surface area contributed by atoms with Crippen LogP contribution >= 0.6 is 24.0 Å². The van der Waals surface area contributed by atoms with Gasteiger partial charge in [0.05, 0.1) is 12.5 Å². The van der Waals surface area contributed by atoms with Crippen LogP contribution in [0, 0.1) is 0 Å². The minimum Gasteiger partial charge on any atom is -0.387 e. The standard InChI is InChI=1S/C23H24ClN3O2.ClH/c24-19-5-3-4-18(14-19)22(28)16-25-13-11-17-7-9-20(10-8-17)27-23(29)15-21-6-1-2-12-26-21;/h1-10,12,14,22,25,28H,11,13,15-16H2,(H,27,29);1H. The summed E-state index contributed by atoms with van der Waals surface area (Å²) >= 11 is 5.95. The average molecular weight is 446 g/mol. The van der Waals surface area contributed by atoms with Gasteiger partial charge in [0.2, 0.25) is 5.91 Å². The topological polar surface area (TPSA) is 74.2 Å². The van der Waals surface area contributed by atoms with Gasteiger partial charge in [-0.3, -0.25) is 9.78 Å². The number of hydrogen-bond donors (Lipinski definition) is 3. The van der Waals surface area contributed by atoms with E-state index >= 15 is 0 Å². The van der Waals surface area contributed by atoms with Crippen LogP contribution in [0.4, 0.5) is 5.69 Å². The maximum absolute atomic E-state index is 12.1. The van der Waals surface area contributed by atoms with E-state index < -0.39 is 6.10 Å². The Bertz CT molecular complexity index is 921. The molecule has 1 atom stereocenters. The van der Waals surface area contributed by atoms with Gasteiger partial charge in [-0.1, -0.05) is 41.9 Å². The predicted octanol–water partition coefficient (Wildman–Crippen LogP) is 4.20. The molecule has 158 valence electrons. The molecule has 1 aromatic heterocycles. The van der Waals surface area contributed by atoms with Crippen molar-refractivity contribution in [3.05, 3.63) is 94.8 Å². The maximum atomic E-state index is 12.1. The summed E-state index contributed by atoms with van der Waals surface area (Å²) in [5.41, 5.74) is 3.46. The van der Waals surface area contributed by atoms with Crippen molar-refractivity contribution in [1.29, 1.82) is 0 Å². The summed E-state index contributed by atoms with van der Waals surface area (Å²) < 4.78 is 0. The number of benzene rings is 2. The van der Waals surface area contributed by atoms with Gasteiger partial charge in [-0.05, 0) is 60.5 Å². The molecule has 5 nitrogen and oxygen atoms in total. The average Bonchev–Trinajstić information content (AvgIpc) is 2.73. The third kappa shape index (κ3) is 7.76. The van der Waals surface area contributed by atoms with Crippen molar-refractivity contribution in [3.63, 3.8) is 0 Å². The Balaban J connectivity index is 0.00000320. The fourth-order valence-corrected chi connectivity index (χ4v) is 3.13. The van der Waals surface area contributed by atoms with Crippen LogP contribution in [-0.4, -0.2) is 29.1 Å². The summed E-state index contributed by atoms with van der Waals surface area (Å²) in [6.07, 6.45) is 2.16. The van der Waals surface area contributed by atoms with Gasteiger partial charge in [0.15, 0.2) is 0 Å². The largest absolute Gasteiger partial charge is 0.387 e. The summed E-state index contributed by atoms with van der Waals surface area (Å²) in [6.45, 7) is 1.20. The summed E-state index contributed by atoms with van der Waals surface area (Å²) in [5.74, 6) is -0.0897. The van der Waals surface area contributed by atoms with Crippen LogP contribution in [0.15, 0.2) is 72.9 Å². The van der Waals surface area contributed by atoms with E-state index in [0.717, 1.165) is 35.5 Å². The molecule has 0 fully saturated rings. The second-order valence-corrected chi connectivity index (χ2v) is 7.20. The van der Waals surface area contributed by atoms with Gasteiger partial charge >= 0.3 is 0 Å². The molecule has 2 aromatic carbocycles. The zero-order valence-electron chi connectivity index (χ0n) is 16.4. The van der Waals surface area contributed by atoms with Crippen LogP contribution in [0.5, 0.6) is 0 Å². The van der Waals surface area contributed by atoms with E-state index in [1.165, 1.54) is 0 Å². The number of aliphatic hydroxyl groups excluding tert-OH is 1. The Morgan fingerprint density at radius 3 is 2.57 bits per heavy atom. The number of pyridine rings is 1. The van der Waals surface area contributed by atoms with Crippen LogP contribution in [0.3, 0.4) is 0 Å². The van der Waals surface area contributed by atoms with Gasteiger partial charge in [-0.15, -0.1) is 12.4 Å². The lowest BCUT2D eigenvalue weighted by Gasteiger charge is -2.12. The van der Waals surface area contributed by atoms with Crippen molar-refractivity contribution in [1.82, 2.24) is 10.3 Å². The first-order chi connectivity index (χ1) is 14.1. The highest BCUT2D eigenvalue weighted by Crippen LogP contribution is 2.17. The number of amides is 1. The van der Waals surface area contributed by atoms with Crippen molar-refractivity contribution in [2.75, 3.05) is 18.4 Å². The molecule has 1 amide bonds. The molecule has 0 saturated carbocycles. The molecule has 30 heavy (non-hydrogen) atoms. The molecule has 1 unspecified atom stereocenters. The van der Waals surface area contributed by atoms with Crippen LogP contribution in [-0.2, 0) is 17.6 Å². The number of aromatic nitrogens is 1. The molecule has 0 bridgehead atoms. The Hall–Kier alpha value is -2.44. The SMILES string of the molecule is Cl.O=C(Cc1ccccn1)Nc1ccc(CCNCC(O)c2cccc(Cl)c2)cc1. The van der Waals surface area contributed by atoms with E-state index in [4.69, 9.17) is 11.6 Å². The number of rotatable bonds is 9. The van der Waals surface area contributed by atoms with Gasteiger partial charge in [0.25, 0.3) is 0 Å². The van der Waals surface area contributed by atoms with Crippen molar-refractivity contribution < 1.29 is 9.90 Å². The Morgan fingerprint density at radius 2 is 1.87 bits per heavy atom. The molecule has 0 spiro atoms. The summed E-state index contributed by atoms with van der Waals surface area (Å²) in [5, 5.41) is 17.0. The Labute approximate surface area is 187 Å². The van der Waals surface area contributed by atoms with E-state index in [0.29, 0.717) is 11.6 Å². The number of nitrogens with zero attached hydrogens (tertiary/aromatic N) is 1. The van der Waals surface area contributed by atoms with Gasteiger partial charge in [-0.2, -0.15) is 0 Å². The zero-order valence-corrected chi connectivity index (χ0v) is 18.0. The first-order valence-electron chi connectivity index (χ1n) is 9.53. The second kappa shape index (κ2) is 12.3. The van der Waals surface area contributed by atoms with E-state index in [1.807, 2.05) is 54.6 Å². The van der Waals surface area contributed by atoms with Crippen molar-refractivity contribution in [3.8, 4) is 0 Å². The van der Waals surface area contributed by atoms with Crippen LogP contribution < -0.4 is 10.6 Å². The minimum absolute atomic E-state index is 0. The van der Waals surface area contributed by atoms with Gasteiger partial charge < -0.3 is 15.7 Å². The molecule has 1 heterocycles. The van der Waals surface area contributed by atoms with Crippen LogP contribution in [0.2, 0.25) is 5.02 Å². The lowest BCUT2D eigenvalue weighted by Crippen LogP contribution is -2.23. The molecule has 7 heteroatoms. The fourth-order valence-electron chi connectivity index (χ4n) is 2.93. The molecule has 0 saturated heterocycles. The van der Waals surface area contributed by atoms with Crippen molar-refractivity contribution in [2.45, 2.75) is 18.9 Å². The number of carbonyl (C=O) groups is 1. The van der Waals surface area contributed by atoms with Gasteiger partial charge in [0, 0.05) is 29.1 Å². The number of halogens is 2. The highest BCUT2D eigenvalue weighted by atomic mass is 35.5. The fraction of sp³-hybridized carbons (Fsp3) is 0.217. The number of aliphatic hydroxyl groups is 1. The molecular formula is C23H25Cl2N3O2. The smallest absolute Gasteiger partial charge is 0.230 e. The Morgan fingerprint density at radius 1 is 1.07 bits per heavy atom. The lowest BCUT2D eigenvalue weighted by molar-refractivity contribution is -0.115. The summed E-state index contributed by atoms with van der Waals surface area (Å²) in [7, 11) is 0. The number of anilines is 1. The molecule has 3 N–H and O–H groups in total. The van der Waals surface area contributed by atoms with E-state index in [2.05, 4.69) is 15.6 Å². The van der Waals surface area contributed by atoms with Crippen molar-refractivity contribution in [2.24, 2.45) is 0 Å². The number of nitrogens with one attached hydrogen (secondary N) is 2. The highest BCUT2D eigenvalue weighted by Gasteiger charge is 2.07. The van der Waals surface area contributed by atoms with Crippen LogP contribution in [0.1, 0.15) is 22.9 Å². The number of hydrogen-bond acceptors (Lipinski definition) is 4. The van der Waals surface area contributed by atoms with Crippen LogP contribution in [0.25, 0.3) is 0 Å². The normalized spacial score (nSPS) is 11.4. The van der Waals surface area contributed by atoms with Gasteiger partial charge in [-0.25, -0.2) is 0 Å². The van der Waals surface area contributed by atoms with E-state index in [-0.39, 0.29) is 24.7 Å². The molecular weight excluding hydrogens is 421 g/mol. The molecule has 0 radical (unpaired) electrons. The molecule has 3 rings (SSSR count). The first-order valence-corrected chi connectivity index (χ1v) is 9.91. The second-order valence-electron chi connectivity index (χ2n) is 6.77.